The van der Waals surface area contributed by atoms with Gasteiger partial charge in [0.15, 0.2) is 0 Å². The van der Waals surface area contributed by atoms with Gasteiger partial charge in [-0.1, -0.05) is 12.1 Å². The summed E-state index contributed by atoms with van der Waals surface area (Å²) in [7, 11) is 3.17. The molecule has 28 heavy (non-hydrogen) atoms. The van der Waals surface area contributed by atoms with E-state index in [4.69, 9.17) is 9.47 Å². The molecular formula is C21H23N3O4. The summed E-state index contributed by atoms with van der Waals surface area (Å²) in [5.41, 5.74) is 1.38. The molecule has 3 aromatic rings. The van der Waals surface area contributed by atoms with E-state index < -0.39 is 0 Å². The molecule has 2 N–H and O–H groups in total. The van der Waals surface area contributed by atoms with Crippen molar-refractivity contribution in [2.45, 2.75) is 25.8 Å². The van der Waals surface area contributed by atoms with Crippen molar-refractivity contribution in [3.05, 3.63) is 64.2 Å². The number of hydrogen-bond acceptors (Lipinski definition) is 5. The molecule has 0 aliphatic heterocycles. The van der Waals surface area contributed by atoms with E-state index in [0.717, 1.165) is 5.56 Å². The third-order valence-corrected chi connectivity index (χ3v) is 4.45. The van der Waals surface area contributed by atoms with E-state index in [-0.39, 0.29) is 11.5 Å². The Hall–Kier alpha value is -3.35. The fourth-order valence-electron chi connectivity index (χ4n) is 2.95. The number of para-hydroxylation sites is 1. The third kappa shape index (κ3) is 4.68. The van der Waals surface area contributed by atoms with Crippen molar-refractivity contribution in [3.63, 3.8) is 0 Å². The van der Waals surface area contributed by atoms with Crippen LogP contribution in [0.1, 0.15) is 24.2 Å². The van der Waals surface area contributed by atoms with Crippen molar-refractivity contribution in [3.8, 4) is 11.5 Å². The van der Waals surface area contributed by atoms with Crippen LogP contribution in [0.25, 0.3) is 10.9 Å². The lowest BCUT2D eigenvalue weighted by Gasteiger charge is -2.11. The minimum atomic E-state index is -0.156. The molecule has 0 aliphatic rings. The van der Waals surface area contributed by atoms with Crippen LogP contribution in [-0.2, 0) is 17.8 Å². The van der Waals surface area contributed by atoms with Crippen LogP contribution in [0.15, 0.2) is 47.3 Å². The van der Waals surface area contributed by atoms with Gasteiger partial charge in [0, 0.05) is 31.0 Å². The van der Waals surface area contributed by atoms with Crippen LogP contribution >= 0.6 is 0 Å². The Labute approximate surface area is 162 Å². The summed E-state index contributed by atoms with van der Waals surface area (Å²) in [5.74, 6) is 1.88. The molecule has 146 valence electrons. The van der Waals surface area contributed by atoms with Crippen LogP contribution in [0.5, 0.6) is 11.5 Å². The quantitative estimate of drug-likeness (QED) is 0.626. The maximum absolute atomic E-state index is 12.1. The summed E-state index contributed by atoms with van der Waals surface area (Å²) in [6, 6.07) is 12.7. The molecule has 0 atom stereocenters. The van der Waals surface area contributed by atoms with E-state index in [0.29, 0.717) is 54.0 Å². The number of aromatic amines is 1. The standard InChI is InChI=1S/C21H23N3O4/c1-27-15-11-10-14(18(12-15)28-2)13-22-20(25)9-5-8-19-23-17-7-4-3-6-16(17)21(26)24-19/h3-4,6-7,10-12H,5,8-9,13H2,1-2H3,(H,22,25)(H,23,24,26). The average Bonchev–Trinajstić information content (AvgIpc) is 2.72. The summed E-state index contributed by atoms with van der Waals surface area (Å²) >= 11 is 0. The zero-order chi connectivity index (χ0) is 19.9. The van der Waals surface area contributed by atoms with Gasteiger partial charge in [-0.25, -0.2) is 4.98 Å². The van der Waals surface area contributed by atoms with Gasteiger partial charge >= 0.3 is 0 Å². The zero-order valence-electron chi connectivity index (χ0n) is 16.0. The van der Waals surface area contributed by atoms with Crippen molar-refractivity contribution < 1.29 is 14.3 Å². The first-order chi connectivity index (χ1) is 13.6. The molecule has 7 nitrogen and oxygen atoms in total. The number of H-pyrrole nitrogens is 1. The molecule has 0 radical (unpaired) electrons. The molecule has 7 heteroatoms. The van der Waals surface area contributed by atoms with E-state index in [1.807, 2.05) is 24.3 Å². The second-order valence-corrected chi connectivity index (χ2v) is 6.34. The molecule has 1 heterocycles. The van der Waals surface area contributed by atoms with Crippen molar-refractivity contribution in [2.75, 3.05) is 14.2 Å². The van der Waals surface area contributed by atoms with Gasteiger partial charge in [0.2, 0.25) is 5.91 Å². The number of nitrogens with one attached hydrogen (secondary N) is 2. The first kappa shape index (κ1) is 19.4. The molecule has 1 amide bonds. The van der Waals surface area contributed by atoms with Crippen LogP contribution in [0.3, 0.4) is 0 Å². The largest absolute Gasteiger partial charge is 0.497 e. The molecular weight excluding hydrogens is 358 g/mol. The molecule has 3 rings (SSSR count). The van der Waals surface area contributed by atoms with Crippen LogP contribution in [0.2, 0.25) is 0 Å². The lowest BCUT2D eigenvalue weighted by atomic mass is 10.1. The predicted molar refractivity (Wildman–Crippen MR) is 107 cm³/mol. The Morgan fingerprint density at radius 2 is 1.96 bits per heavy atom. The molecule has 0 saturated heterocycles. The first-order valence-corrected chi connectivity index (χ1v) is 9.06. The monoisotopic (exact) mass is 381 g/mol. The Morgan fingerprint density at radius 1 is 1.14 bits per heavy atom. The Morgan fingerprint density at radius 3 is 2.75 bits per heavy atom. The van der Waals surface area contributed by atoms with E-state index in [9.17, 15) is 9.59 Å². The van der Waals surface area contributed by atoms with Crippen LogP contribution in [0.4, 0.5) is 0 Å². The number of methoxy groups -OCH3 is 2. The minimum absolute atomic E-state index is 0.0685. The number of nitrogens with zero attached hydrogens (tertiary/aromatic N) is 1. The van der Waals surface area contributed by atoms with Gasteiger partial charge in [0.1, 0.15) is 17.3 Å². The van der Waals surface area contributed by atoms with Gasteiger partial charge in [0.05, 0.1) is 25.1 Å². The lowest BCUT2D eigenvalue weighted by Crippen LogP contribution is -2.23. The fourth-order valence-corrected chi connectivity index (χ4v) is 2.95. The summed E-state index contributed by atoms with van der Waals surface area (Å²) in [6.07, 6.45) is 1.46. The molecule has 0 spiro atoms. The number of carbonyl (C=O) groups is 1. The van der Waals surface area contributed by atoms with Crippen LogP contribution < -0.4 is 20.3 Å². The summed E-state index contributed by atoms with van der Waals surface area (Å²) in [4.78, 5) is 31.4. The lowest BCUT2D eigenvalue weighted by molar-refractivity contribution is -0.121. The highest BCUT2D eigenvalue weighted by atomic mass is 16.5. The predicted octanol–water partition coefficient (Wildman–Crippen LogP) is 2.58. The highest BCUT2D eigenvalue weighted by Crippen LogP contribution is 2.24. The summed E-state index contributed by atoms with van der Waals surface area (Å²) < 4.78 is 10.5. The maximum atomic E-state index is 12.1. The van der Waals surface area contributed by atoms with Crippen molar-refractivity contribution >= 4 is 16.8 Å². The smallest absolute Gasteiger partial charge is 0.258 e. The molecule has 0 unspecified atom stereocenters. The van der Waals surface area contributed by atoms with Gasteiger partial charge in [-0.15, -0.1) is 0 Å². The van der Waals surface area contributed by atoms with Gasteiger partial charge < -0.3 is 19.8 Å². The highest BCUT2D eigenvalue weighted by molar-refractivity contribution is 5.77. The van der Waals surface area contributed by atoms with Gasteiger partial charge in [-0.3, -0.25) is 9.59 Å². The number of hydrogen-bond donors (Lipinski definition) is 2. The van der Waals surface area contributed by atoms with Gasteiger partial charge in [-0.2, -0.15) is 0 Å². The topological polar surface area (TPSA) is 93.3 Å². The number of aromatic nitrogens is 2. The van der Waals surface area contributed by atoms with Gasteiger partial charge in [-0.05, 0) is 30.7 Å². The van der Waals surface area contributed by atoms with E-state index in [2.05, 4.69) is 15.3 Å². The first-order valence-electron chi connectivity index (χ1n) is 9.06. The molecule has 0 aliphatic carbocycles. The number of benzene rings is 2. The number of aryl methyl sites for hydroxylation is 1. The Kier molecular flexibility index (Phi) is 6.26. The van der Waals surface area contributed by atoms with E-state index in [1.54, 1.807) is 32.4 Å². The molecule has 0 fully saturated rings. The summed E-state index contributed by atoms with van der Waals surface area (Å²) in [6.45, 7) is 0.372. The van der Waals surface area contributed by atoms with E-state index in [1.165, 1.54) is 0 Å². The van der Waals surface area contributed by atoms with Crippen LogP contribution in [0, 0.1) is 0 Å². The van der Waals surface area contributed by atoms with Crippen molar-refractivity contribution in [2.24, 2.45) is 0 Å². The Balaban J connectivity index is 1.52. The number of ether oxygens (including phenoxy) is 2. The zero-order valence-corrected chi connectivity index (χ0v) is 16.0. The molecule has 0 saturated carbocycles. The summed E-state index contributed by atoms with van der Waals surface area (Å²) in [5, 5.41) is 3.45. The highest BCUT2D eigenvalue weighted by Gasteiger charge is 2.08. The van der Waals surface area contributed by atoms with Crippen molar-refractivity contribution in [1.29, 1.82) is 0 Å². The van der Waals surface area contributed by atoms with Gasteiger partial charge in [0.25, 0.3) is 5.56 Å². The number of amides is 1. The number of fused-ring (bicyclic) bond motifs is 1. The SMILES string of the molecule is COc1ccc(CNC(=O)CCCc2nc3ccccc3c(=O)[nH]2)c(OC)c1. The molecule has 0 bridgehead atoms. The molecule has 1 aromatic heterocycles. The Bertz CT molecular complexity index is 1030. The fraction of sp³-hybridized carbons (Fsp3) is 0.286. The van der Waals surface area contributed by atoms with E-state index >= 15 is 0 Å². The minimum Gasteiger partial charge on any atom is -0.497 e. The number of carbonyl (C=O) groups excluding carboxylic acids is 1. The third-order valence-electron chi connectivity index (χ3n) is 4.45. The molecule has 2 aromatic carbocycles. The second-order valence-electron chi connectivity index (χ2n) is 6.34. The average molecular weight is 381 g/mol. The normalized spacial score (nSPS) is 10.6. The van der Waals surface area contributed by atoms with Crippen molar-refractivity contribution in [1.82, 2.24) is 15.3 Å². The number of rotatable bonds is 8. The maximum Gasteiger partial charge on any atom is 0.258 e. The van der Waals surface area contributed by atoms with Crippen LogP contribution in [-0.4, -0.2) is 30.1 Å². The second kappa shape index (κ2) is 9.03.